The Morgan fingerprint density at radius 2 is 2.25 bits per heavy atom. The van der Waals surface area contributed by atoms with Crippen molar-refractivity contribution in [3.63, 3.8) is 0 Å². The summed E-state index contributed by atoms with van der Waals surface area (Å²) >= 11 is 0. The maximum atomic E-state index is 13.6. The van der Waals surface area contributed by atoms with E-state index in [1.807, 2.05) is 0 Å². The van der Waals surface area contributed by atoms with Gasteiger partial charge in [0, 0.05) is 19.7 Å². The fraction of sp³-hybridized carbons (Fsp3) is 0.400. The first kappa shape index (κ1) is 12.5. The number of nitro benzene ring substituents is 1. The summed E-state index contributed by atoms with van der Waals surface area (Å²) in [4.78, 5) is 10.1. The van der Waals surface area contributed by atoms with E-state index in [-0.39, 0.29) is 17.8 Å². The minimum absolute atomic E-state index is 0.0503. The molecule has 1 aromatic rings. The van der Waals surface area contributed by atoms with Crippen molar-refractivity contribution < 1.29 is 14.1 Å². The lowest BCUT2D eigenvalue weighted by Gasteiger charge is -2.26. The lowest BCUT2D eigenvalue weighted by atomic mass is 9.93. The Bertz CT molecular complexity index is 405. The number of nitro groups is 1. The Labute approximate surface area is 92.2 Å². The fourth-order valence-corrected chi connectivity index (χ4v) is 1.48. The molecule has 0 fully saturated rings. The van der Waals surface area contributed by atoms with Gasteiger partial charge in [0.25, 0.3) is 5.69 Å². The molecule has 1 rings (SSSR count). The zero-order valence-corrected chi connectivity index (χ0v) is 9.07. The topological polar surface area (TPSA) is 78.4 Å². The molecule has 1 aromatic carbocycles. The highest BCUT2D eigenvalue weighted by Crippen LogP contribution is 2.33. The van der Waals surface area contributed by atoms with Crippen LogP contribution in [0.2, 0.25) is 0 Å². The average molecular weight is 228 g/mol. The number of hydrogen-bond acceptors (Lipinski definition) is 4. The molecular weight excluding hydrogens is 215 g/mol. The molecule has 0 spiro atoms. The van der Waals surface area contributed by atoms with E-state index < -0.39 is 16.3 Å². The van der Waals surface area contributed by atoms with Gasteiger partial charge in [-0.15, -0.1) is 0 Å². The second-order valence-electron chi connectivity index (χ2n) is 3.53. The standard InChI is InChI=1S/C10H13FN2O3/c1-10(6-12,16-2)9-7(11)4-3-5-8(9)13(14)15/h3-5H,6,12H2,1-2H3. The molecular formula is C10H13FN2O3. The number of nitrogens with two attached hydrogens (primary N) is 1. The molecule has 0 radical (unpaired) electrons. The number of ether oxygens (including phenoxy) is 1. The van der Waals surface area contributed by atoms with Gasteiger partial charge in [-0.3, -0.25) is 10.1 Å². The van der Waals surface area contributed by atoms with Gasteiger partial charge in [-0.2, -0.15) is 0 Å². The van der Waals surface area contributed by atoms with Crippen molar-refractivity contribution >= 4 is 5.69 Å². The second-order valence-corrected chi connectivity index (χ2v) is 3.53. The van der Waals surface area contributed by atoms with Gasteiger partial charge in [0.05, 0.1) is 10.5 Å². The van der Waals surface area contributed by atoms with E-state index in [1.54, 1.807) is 0 Å². The van der Waals surface area contributed by atoms with Gasteiger partial charge < -0.3 is 10.5 Å². The van der Waals surface area contributed by atoms with Gasteiger partial charge in [0.2, 0.25) is 0 Å². The minimum Gasteiger partial charge on any atom is -0.372 e. The first-order valence-corrected chi connectivity index (χ1v) is 4.65. The molecule has 1 unspecified atom stereocenters. The normalized spacial score (nSPS) is 14.5. The Hall–Kier alpha value is -1.53. The summed E-state index contributed by atoms with van der Waals surface area (Å²) in [5.41, 5.74) is 3.83. The van der Waals surface area contributed by atoms with Crippen molar-refractivity contribution in [2.24, 2.45) is 5.73 Å². The Morgan fingerprint density at radius 3 is 2.69 bits per heavy atom. The molecule has 0 saturated carbocycles. The van der Waals surface area contributed by atoms with E-state index >= 15 is 0 Å². The number of rotatable bonds is 4. The molecule has 0 bridgehead atoms. The van der Waals surface area contributed by atoms with Crippen LogP contribution < -0.4 is 5.73 Å². The van der Waals surface area contributed by atoms with E-state index in [2.05, 4.69) is 0 Å². The lowest BCUT2D eigenvalue weighted by Crippen LogP contribution is -2.35. The van der Waals surface area contributed by atoms with Crippen molar-refractivity contribution in [1.82, 2.24) is 0 Å². The predicted octanol–water partition coefficient (Wildman–Crippen LogP) is 1.55. The summed E-state index contributed by atoms with van der Waals surface area (Å²) in [5.74, 6) is -0.691. The quantitative estimate of drug-likeness (QED) is 0.626. The number of halogens is 1. The molecule has 0 amide bonds. The largest absolute Gasteiger partial charge is 0.372 e. The fourth-order valence-electron chi connectivity index (χ4n) is 1.48. The maximum Gasteiger partial charge on any atom is 0.278 e. The van der Waals surface area contributed by atoms with E-state index in [9.17, 15) is 14.5 Å². The summed E-state index contributed by atoms with van der Waals surface area (Å²) < 4.78 is 18.7. The van der Waals surface area contributed by atoms with Gasteiger partial charge in [0.1, 0.15) is 11.4 Å². The molecule has 1 atom stereocenters. The highest BCUT2D eigenvalue weighted by atomic mass is 19.1. The Kier molecular flexibility index (Phi) is 3.56. The Morgan fingerprint density at radius 1 is 1.62 bits per heavy atom. The van der Waals surface area contributed by atoms with Crippen LogP contribution in [0.5, 0.6) is 0 Å². The monoisotopic (exact) mass is 228 g/mol. The molecule has 88 valence electrons. The van der Waals surface area contributed by atoms with Crippen LogP contribution >= 0.6 is 0 Å². The van der Waals surface area contributed by atoms with Gasteiger partial charge in [-0.25, -0.2) is 4.39 Å². The smallest absolute Gasteiger partial charge is 0.278 e. The SMILES string of the molecule is COC(C)(CN)c1c(F)cccc1[N+](=O)[O-]. The number of methoxy groups -OCH3 is 1. The Balaban J connectivity index is 3.46. The molecule has 2 N–H and O–H groups in total. The van der Waals surface area contributed by atoms with E-state index in [4.69, 9.17) is 10.5 Å². The van der Waals surface area contributed by atoms with Crippen molar-refractivity contribution in [2.45, 2.75) is 12.5 Å². The van der Waals surface area contributed by atoms with Crippen molar-refractivity contribution in [3.05, 3.63) is 39.7 Å². The summed E-state index contributed by atoms with van der Waals surface area (Å²) in [6, 6.07) is 3.66. The third kappa shape index (κ3) is 2.02. The van der Waals surface area contributed by atoms with Crippen molar-refractivity contribution in [3.8, 4) is 0 Å². The van der Waals surface area contributed by atoms with Crippen molar-refractivity contribution in [2.75, 3.05) is 13.7 Å². The van der Waals surface area contributed by atoms with Crippen LogP contribution in [0.4, 0.5) is 10.1 Å². The molecule has 0 aliphatic heterocycles. The van der Waals surface area contributed by atoms with Crippen LogP contribution in [0.1, 0.15) is 12.5 Å². The highest BCUT2D eigenvalue weighted by molar-refractivity contribution is 5.45. The molecule has 0 aliphatic rings. The molecule has 5 nitrogen and oxygen atoms in total. The summed E-state index contributed by atoms with van der Waals surface area (Å²) in [7, 11) is 1.34. The zero-order valence-electron chi connectivity index (χ0n) is 9.07. The van der Waals surface area contributed by atoms with Gasteiger partial charge >= 0.3 is 0 Å². The lowest BCUT2D eigenvalue weighted by molar-refractivity contribution is -0.386. The maximum absolute atomic E-state index is 13.6. The first-order valence-electron chi connectivity index (χ1n) is 4.65. The average Bonchev–Trinajstić information content (AvgIpc) is 2.27. The van der Waals surface area contributed by atoms with Crippen LogP contribution in [-0.2, 0) is 10.3 Å². The third-order valence-electron chi connectivity index (χ3n) is 2.56. The van der Waals surface area contributed by atoms with Gasteiger partial charge in [-0.1, -0.05) is 6.07 Å². The van der Waals surface area contributed by atoms with Crippen LogP contribution in [-0.4, -0.2) is 18.6 Å². The molecule has 0 heterocycles. The first-order chi connectivity index (χ1) is 7.46. The van der Waals surface area contributed by atoms with Gasteiger partial charge in [0.15, 0.2) is 0 Å². The van der Waals surface area contributed by atoms with E-state index in [0.717, 1.165) is 6.07 Å². The van der Waals surface area contributed by atoms with Crippen LogP contribution in [0.15, 0.2) is 18.2 Å². The summed E-state index contributed by atoms with van der Waals surface area (Å²) in [5, 5.41) is 10.8. The number of benzene rings is 1. The third-order valence-corrected chi connectivity index (χ3v) is 2.56. The minimum atomic E-state index is -1.20. The molecule has 6 heteroatoms. The molecule has 0 aliphatic carbocycles. The summed E-state index contributed by atoms with van der Waals surface area (Å²) in [6.07, 6.45) is 0. The highest BCUT2D eigenvalue weighted by Gasteiger charge is 2.35. The number of nitrogens with zero attached hydrogens (tertiary/aromatic N) is 1. The van der Waals surface area contributed by atoms with E-state index in [0.29, 0.717) is 0 Å². The molecule has 0 aromatic heterocycles. The summed E-state index contributed by atoms with van der Waals surface area (Å²) in [6.45, 7) is 1.46. The molecule has 16 heavy (non-hydrogen) atoms. The van der Waals surface area contributed by atoms with Gasteiger partial charge in [-0.05, 0) is 13.0 Å². The number of hydrogen-bond donors (Lipinski definition) is 1. The predicted molar refractivity (Wildman–Crippen MR) is 56.5 cm³/mol. The molecule has 0 saturated heterocycles. The van der Waals surface area contributed by atoms with Crippen LogP contribution in [0.3, 0.4) is 0 Å². The van der Waals surface area contributed by atoms with Crippen LogP contribution in [0.25, 0.3) is 0 Å². The second kappa shape index (κ2) is 4.54. The van der Waals surface area contributed by atoms with Crippen molar-refractivity contribution in [1.29, 1.82) is 0 Å². The zero-order chi connectivity index (χ0) is 12.3. The van der Waals surface area contributed by atoms with Crippen LogP contribution in [0, 0.1) is 15.9 Å². The van der Waals surface area contributed by atoms with E-state index in [1.165, 1.54) is 26.2 Å².